The van der Waals surface area contributed by atoms with Crippen molar-refractivity contribution in [2.45, 2.75) is 31.3 Å². The van der Waals surface area contributed by atoms with Gasteiger partial charge in [-0.05, 0) is 42.2 Å². The number of nitrogens with zero attached hydrogens (tertiary/aromatic N) is 2. The van der Waals surface area contributed by atoms with Crippen LogP contribution in [0.15, 0.2) is 42.5 Å². The van der Waals surface area contributed by atoms with Gasteiger partial charge in [0, 0.05) is 35.8 Å². The molecule has 7 heteroatoms. The summed E-state index contributed by atoms with van der Waals surface area (Å²) in [4.78, 5) is 24.7. The number of hydrogen-bond acceptors (Lipinski definition) is 4. The molecule has 0 radical (unpaired) electrons. The van der Waals surface area contributed by atoms with Crippen molar-refractivity contribution in [1.29, 1.82) is 0 Å². The average molecular weight is 372 g/mol. The van der Waals surface area contributed by atoms with Crippen molar-refractivity contribution >= 4 is 28.9 Å². The van der Waals surface area contributed by atoms with E-state index in [0.717, 1.165) is 29.8 Å². The monoisotopic (exact) mass is 371 g/mol. The van der Waals surface area contributed by atoms with Gasteiger partial charge in [0.1, 0.15) is 0 Å². The van der Waals surface area contributed by atoms with E-state index in [1.165, 1.54) is 12.1 Å². The molecule has 2 atom stereocenters. The zero-order chi connectivity index (χ0) is 18.3. The van der Waals surface area contributed by atoms with E-state index in [2.05, 4.69) is 5.32 Å². The van der Waals surface area contributed by atoms with Gasteiger partial charge in [0.25, 0.3) is 5.69 Å². The number of amides is 1. The lowest BCUT2D eigenvalue weighted by Crippen LogP contribution is -2.35. The molecular formula is C19H18ClN3O3. The van der Waals surface area contributed by atoms with Crippen molar-refractivity contribution in [2.75, 3.05) is 11.9 Å². The molecule has 0 spiro atoms. The number of carbonyl (C=O) groups excluding carboxylic acids is 1. The highest BCUT2D eigenvalue weighted by molar-refractivity contribution is 6.30. The summed E-state index contributed by atoms with van der Waals surface area (Å²) in [6, 6.07) is 12.2. The second-order valence-corrected chi connectivity index (χ2v) is 7.16. The summed E-state index contributed by atoms with van der Waals surface area (Å²) < 4.78 is 0. The van der Waals surface area contributed by atoms with E-state index in [9.17, 15) is 14.9 Å². The van der Waals surface area contributed by atoms with Gasteiger partial charge in [0.15, 0.2) is 0 Å². The largest absolute Gasteiger partial charge is 0.378 e. The third-order valence-corrected chi connectivity index (χ3v) is 5.39. The SMILES string of the molecule is O=C1CCCN1[C@H]1C[C@@H](c2ccc([N+](=O)[O-])cc2)Nc2ccc(Cl)cc21. The summed E-state index contributed by atoms with van der Waals surface area (Å²) in [5.41, 5.74) is 3.02. The molecular weight excluding hydrogens is 354 g/mol. The number of carbonyl (C=O) groups is 1. The minimum atomic E-state index is -0.402. The standard InChI is InChI=1S/C19H18ClN3O3/c20-13-5-8-16-15(10-13)18(22-9-1-2-19(22)24)11-17(21-16)12-3-6-14(7-4-12)23(25)26/h3-8,10,17-18,21H,1-2,9,11H2/t17-,18-/m0/s1. The van der Waals surface area contributed by atoms with Gasteiger partial charge >= 0.3 is 0 Å². The predicted octanol–water partition coefficient (Wildman–Crippen LogP) is 4.47. The Bertz CT molecular complexity index is 869. The van der Waals surface area contributed by atoms with Crippen molar-refractivity contribution in [3.05, 3.63) is 68.7 Å². The van der Waals surface area contributed by atoms with E-state index < -0.39 is 4.92 Å². The molecule has 1 N–H and O–H groups in total. The number of nitro groups is 1. The van der Waals surface area contributed by atoms with Crippen LogP contribution < -0.4 is 5.32 Å². The first-order valence-electron chi connectivity index (χ1n) is 8.63. The molecule has 6 nitrogen and oxygen atoms in total. The minimum absolute atomic E-state index is 0.0251. The highest BCUT2D eigenvalue weighted by Crippen LogP contribution is 2.44. The number of hydrogen-bond donors (Lipinski definition) is 1. The Morgan fingerprint density at radius 1 is 1.19 bits per heavy atom. The van der Waals surface area contributed by atoms with Gasteiger partial charge in [-0.2, -0.15) is 0 Å². The maximum absolute atomic E-state index is 12.3. The van der Waals surface area contributed by atoms with Gasteiger partial charge in [0.05, 0.1) is 17.0 Å². The van der Waals surface area contributed by atoms with Crippen LogP contribution in [0.3, 0.4) is 0 Å². The van der Waals surface area contributed by atoms with Gasteiger partial charge in [-0.1, -0.05) is 23.7 Å². The van der Waals surface area contributed by atoms with Gasteiger partial charge in [0.2, 0.25) is 5.91 Å². The molecule has 2 aromatic carbocycles. The van der Waals surface area contributed by atoms with Gasteiger partial charge in [-0.25, -0.2) is 0 Å². The molecule has 1 saturated heterocycles. The number of likely N-dealkylation sites (tertiary alicyclic amines) is 1. The Morgan fingerprint density at radius 2 is 1.96 bits per heavy atom. The maximum atomic E-state index is 12.3. The zero-order valence-electron chi connectivity index (χ0n) is 14.0. The fourth-order valence-corrected chi connectivity index (χ4v) is 4.06. The summed E-state index contributed by atoms with van der Waals surface area (Å²) in [7, 11) is 0. The first-order chi connectivity index (χ1) is 12.5. The third kappa shape index (κ3) is 3.01. The predicted molar refractivity (Wildman–Crippen MR) is 99.2 cm³/mol. The topological polar surface area (TPSA) is 75.5 Å². The smallest absolute Gasteiger partial charge is 0.269 e. The van der Waals surface area contributed by atoms with Crippen molar-refractivity contribution in [3.8, 4) is 0 Å². The molecule has 0 aromatic heterocycles. The van der Waals surface area contributed by atoms with Crippen LogP contribution in [-0.4, -0.2) is 22.3 Å². The van der Waals surface area contributed by atoms with Crippen molar-refractivity contribution < 1.29 is 9.72 Å². The molecule has 4 rings (SSSR count). The number of non-ortho nitro benzene ring substituents is 1. The van der Waals surface area contributed by atoms with E-state index in [0.29, 0.717) is 17.9 Å². The number of nitrogens with one attached hydrogen (secondary N) is 1. The van der Waals surface area contributed by atoms with Crippen LogP contribution >= 0.6 is 11.6 Å². The highest BCUT2D eigenvalue weighted by atomic mass is 35.5. The quantitative estimate of drug-likeness (QED) is 0.638. The van der Waals surface area contributed by atoms with Gasteiger partial charge in [-0.15, -0.1) is 0 Å². The molecule has 1 fully saturated rings. The van der Waals surface area contributed by atoms with E-state index >= 15 is 0 Å². The number of halogens is 1. The lowest BCUT2D eigenvalue weighted by atomic mass is 9.88. The molecule has 2 aromatic rings. The van der Waals surface area contributed by atoms with Crippen LogP contribution in [0, 0.1) is 10.1 Å². The Kier molecular flexibility index (Phi) is 4.28. The van der Waals surface area contributed by atoms with Crippen molar-refractivity contribution in [3.63, 3.8) is 0 Å². The molecule has 134 valence electrons. The number of benzene rings is 2. The van der Waals surface area contributed by atoms with E-state index in [1.54, 1.807) is 12.1 Å². The highest BCUT2D eigenvalue weighted by Gasteiger charge is 2.36. The summed E-state index contributed by atoms with van der Waals surface area (Å²) in [5.74, 6) is 0.172. The number of fused-ring (bicyclic) bond motifs is 1. The summed E-state index contributed by atoms with van der Waals surface area (Å²) in [6.07, 6.45) is 2.17. The zero-order valence-corrected chi connectivity index (χ0v) is 14.8. The van der Waals surface area contributed by atoms with E-state index in [1.807, 2.05) is 23.1 Å². The normalized spacial score (nSPS) is 22.0. The molecule has 0 aliphatic carbocycles. The molecule has 26 heavy (non-hydrogen) atoms. The Morgan fingerprint density at radius 3 is 2.62 bits per heavy atom. The average Bonchev–Trinajstić information content (AvgIpc) is 3.06. The summed E-state index contributed by atoms with van der Waals surface area (Å²) >= 11 is 6.19. The Hall–Kier alpha value is -2.60. The van der Waals surface area contributed by atoms with Crippen LogP contribution in [0.4, 0.5) is 11.4 Å². The lowest BCUT2D eigenvalue weighted by molar-refractivity contribution is -0.384. The molecule has 0 unspecified atom stereocenters. The molecule has 2 aliphatic rings. The molecule has 2 heterocycles. The van der Waals surface area contributed by atoms with Crippen LogP contribution in [0.25, 0.3) is 0 Å². The van der Waals surface area contributed by atoms with Crippen LogP contribution in [0.1, 0.15) is 42.5 Å². The van der Waals surface area contributed by atoms with Crippen molar-refractivity contribution in [2.24, 2.45) is 0 Å². The second kappa shape index (κ2) is 6.61. The molecule has 0 saturated carbocycles. The second-order valence-electron chi connectivity index (χ2n) is 6.72. The maximum Gasteiger partial charge on any atom is 0.269 e. The number of nitro benzene ring substituents is 1. The summed E-state index contributed by atoms with van der Waals surface area (Å²) in [5, 5.41) is 15.0. The van der Waals surface area contributed by atoms with Gasteiger partial charge < -0.3 is 10.2 Å². The molecule has 0 bridgehead atoms. The fraction of sp³-hybridized carbons (Fsp3) is 0.316. The first kappa shape index (κ1) is 16.8. The fourth-order valence-electron chi connectivity index (χ4n) is 3.88. The van der Waals surface area contributed by atoms with Crippen LogP contribution in [0.2, 0.25) is 5.02 Å². The third-order valence-electron chi connectivity index (χ3n) is 5.15. The van der Waals surface area contributed by atoms with Crippen LogP contribution in [-0.2, 0) is 4.79 Å². The molecule has 2 aliphatic heterocycles. The molecule has 1 amide bonds. The number of anilines is 1. The van der Waals surface area contributed by atoms with Gasteiger partial charge in [-0.3, -0.25) is 14.9 Å². The first-order valence-corrected chi connectivity index (χ1v) is 9.00. The Balaban J connectivity index is 1.69. The van der Waals surface area contributed by atoms with E-state index in [4.69, 9.17) is 11.6 Å². The van der Waals surface area contributed by atoms with Crippen molar-refractivity contribution in [1.82, 2.24) is 4.90 Å². The number of rotatable bonds is 3. The summed E-state index contributed by atoms with van der Waals surface area (Å²) in [6.45, 7) is 0.752. The minimum Gasteiger partial charge on any atom is -0.378 e. The van der Waals surface area contributed by atoms with Crippen LogP contribution in [0.5, 0.6) is 0 Å². The van der Waals surface area contributed by atoms with E-state index in [-0.39, 0.29) is 23.7 Å². The lowest BCUT2D eigenvalue weighted by Gasteiger charge is -2.38. The Labute approximate surface area is 155 Å².